The lowest BCUT2D eigenvalue weighted by Gasteiger charge is -2.32. The van der Waals surface area contributed by atoms with Gasteiger partial charge < -0.3 is 10.6 Å². The summed E-state index contributed by atoms with van der Waals surface area (Å²) in [6.07, 6.45) is 11.2. The molecule has 0 unspecified atom stereocenters. The van der Waals surface area contributed by atoms with E-state index in [1.165, 1.54) is 31.2 Å². The number of piperidine rings is 1. The summed E-state index contributed by atoms with van der Waals surface area (Å²) in [5.41, 5.74) is 1.36. The maximum absolute atomic E-state index is 12.0. The van der Waals surface area contributed by atoms with E-state index < -0.39 is 0 Å². The van der Waals surface area contributed by atoms with Gasteiger partial charge in [-0.25, -0.2) is 4.79 Å². The third-order valence-electron chi connectivity index (χ3n) is 5.15. The van der Waals surface area contributed by atoms with Crippen molar-refractivity contribution in [2.45, 2.75) is 51.1 Å². The van der Waals surface area contributed by atoms with Crippen LogP contribution in [0.15, 0.2) is 42.6 Å². The highest BCUT2D eigenvalue weighted by atomic mass is 16.2. The Balaban J connectivity index is 1.33. The van der Waals surface area contributed by atoms with E-state index in [-0.39, 0.29) is 12.1 Å². The van der Waals surface area contributed by atoms with Gasteiger partial charge >= 0.3 is 6.03 Å². The molecular formula is C20H29N3O. The lowest BCUT2D eigenvalue weighted by atomic mass is 10.0. The van der Waals surface area contributed by atoms with E-state index in [4.69, 9.17) is 0 Å². The zero-order chi connectivity index (χ0) is 16.6. The molecule has 1 aromatic carbocycles. The van der Waals surface area contributed by atoms with Gasteiger partial charge in [0.1, 0.15) is 0 Å². The summed E-state index contributed by atoms with van der Waals surface area (Å²) in [6, 6.07) is 10.8. The second-order valence-electron chi connectivity index (χ2n) is 7.06. The van der Waals surface area contributed by atoms with Gasteiger partial charge in [-0.3, -0.25) is 4.90 Å². The molecule has 1 aliphatic heterocycles. The Bertz CT molecular complexity index is 529. The summed E-state index contributed by atoms with van der Waals surface area (Å²) < 4.78 is 0. The number of nitrogens with one attached hydrogen (secondary N) is 2. The summed E-state index contributed by atoms with van der Waals surface area (Å²) in [7, 11) is 0. The molecule has 130 valence electrons. The van der Waals surface area contributed by atoms with E-state index in [0.29, 0.717) is 5.92 Å². The lowest BCUT2D eigenvalue weighted by molar-refractivity contribution is 0.187. The number of nitrogens with zero attached hydrogens (tertiary/aromatic N) is 1. The summed E-state index contributed by atoms with van der Waals surface area (Å²) in [6.45, 7) is 3.08. The number of likely N-dealkylation sites (tertiary alicyclic amines) is 1. The minimum atomic E-state index is -0.0641. The molecule has 4 heteroatoms. The van der Waals surface area contributed by atoms with E-state index in [1.54, 1.807) is 0 Å². The zero-order valence-electron chi connectivity index (χ0n) is 14.4. The normalized spacial score (nSPS) is 20.5. The summed E-state index contributed by atoms with van der Waals surface area (Å²) in [4.78, 5) is 14.4. The third-order valence-corrected chi connectivity index (χ3v) is 5.15. The minimum absolute atomic E-state index is 0.0641. The average molecular weight is 327 g/mol. The van der Waals surface area contributed by atoms with Gasteiger partial charge in [0.05, 0.1) is 0 Å². The molecule has 0 spiro atoms. The Labute approximate surface area is 145 Å². The van der Waals surface area contributed by atoms with Gasteiger partial charge in [-0.15, -0.1) is 0 Å². The monoisotopic (exact) mass is 327 g/mol. The molecule has 3 rings (SSSR count). The highest BCUT2D eigenvalue weighted by molar-refractivity contribution is 5.75. The second-order valence-corrected chi connectivity index (χ2v) is 7.06. The molecule has 2 fully saturated rings. The van der Waals surface area contributed by atoms with Gasteiger partial charge in [-0.2, -0.15) is 0 Å². The first-order valence-electron chi connectivity index (χ1n) is 9.29. The fraction of sp³-hybridized carbons (Fsp3) is 0.550. The van der Waals surface area contributed by atoms with E-state index in [2.05, 4.69) is 51.9 Å². The molecule has 1 saturated carbocycles. The topological polar surface area (TPSA) is 44.4 Å². The molecule has 2 N–H and O–H groups in total. The van der Waals surface area contributed by atoms with Crippen LogP contribution in [0, 0.1) is 5.92 Å². The van der Waals surface area contributed by atoms with Crippen molar-refractivity contribution >= 4 is 6.03 Å². The SMILES string of the molecule is O=C(N/C=C/C1CCCC1)NC1CCN(Cc2ccccc2)CC1. The Morgan fingerprint density at radius 1 is 1.08 bits per heavy atom. The average Bonchev–Trinajstić information content (AvgIpc) is 3.11. The number of carbonyl (C=O) groups excluding carboxylic acids is 1. The smallest absolute Gasteiger partial charge is 0.318 e. The first-order chi connectivity index (χ1) is 11.8. The van der Waals surface area contributed by atoms with Crippen molar-refractivity contribution in [1.82, 2.24) is 15.5 Å². The standard InChI is InChI=1S/C20H29N3O/c24-20(21-13-10-17-6-4-5-7-17)22-19-11-14-23(15-12-19)16-18-8-2-1-3-9-18/h1-3,8-10,13,17,19H,4-7,11-12,14-16H2,(H2,21,22,24)/b13-10+. The zero-order valence-corrected chi connectivity index (χ0v) is 14.4. The van der Waals surface area contributed by atoms with Crippen LogP contribution in [0.25, 0.3) is 0 Å². The Hall–Kier alpha value is -1.81. The number of rotatable bonds is 5. The number of hydrogen-bond acceptors (Lipinski definition) is 2. The van der Waals surface area contributed by atoms with Gasteiger partial charge in [-0.1, -0.05) is 49.2 Å². The molecule has 1 heterocycles. The highest BCUT2D eigenvalue weighted by Gasteiger charge is 2.20. The number of allylic oxidation sites excluding steroid dienone is 1. The molecule has 0 radical (unpaired) electrons. The van der Waals surface area contributed by atoms with Gasteiger partial charge in [0.25, 0.3) is 0 Å². The highest BCUT2D eigenvalue weighted by Crippen LogP contribution is 2.25. The molecule has 1 saturated heterocycles. The van der Waals surface area contributed by atoms with Crippen molar-refractivity contribution in [2.75, 3.05) is 13.1 Å². The van der Waals surface area contributed by atoms with Crippen LogP contribution in [0.2, 0.25) is 0 Å². The van der Waals surface area contributed by atoms with Crippen molar-refractivity contribution in [1.29, 1.82) is 0 Å². The van der Waals surface area contributed by atoms with Gasteiger partial charge in [-0.05, 0) is 37.2 Å². The van der Waals surface area contributed by atoms with Crippen molar-refractivity contribution in [2.24, 2.45) is 5.92 Å². The molecular weight excluding hydrogens is 298 g/mol. The molecule has 4 nitrogen and oxygen atoms in total. The van der Waals surface area contributed by atoms with E-state index in [0.717, 1.165) is 32.5 Å². The molecule has 2 aliphatic rings. The van der Waals surface area contributed by atoms with E-state index in [1.807, 2.05) is 6.20 Å². The van der Waals surface area contributed by atoms with Crippen LogP contribution in [-0.4, -0.2) is 30.1 Å². The van der Waals surface area contributed by atoms with Crippen molar-refractivity contribution < 1.29 is 4.79 Å². The van der Waals surface area contributed by atoms with Crippen molar-refractivity contribution in [3.63, 3.8) is 0 Å². The van der Waals surface area contributed by atoms with Crippen LogP contribution in [-0.2, 0) is 6.54 Å². The molecule has 0 aromatic heterocycles. The number of hydrogen-bond donors (Lipinski definition) is 2. The van der Waals surface area contributed by atoms with Crippen LogP contribution >= 0.6 is 0 Å². The fourth-order valence-corrected chi connectivity index (χ4v) is 3.71. The van der Waals surface area contributed by atoms with Crippen molar-refractivity contribution in [3.05, 3.63) is 48.2 Å². The number of carbonyl (C=O) groups is 1. The lowest BCUT2D eigenvalue weighted by Crippen LogP contribution is -2.46. The van der Waals surface area contributed by atoms with Gasteiger partial charge in [0.2, 0.25) is 0 Å². The number of amides is 2. The van der Waals surface area contributed by atoms with Crippen molar-refractivity contribution in [3.8, 4) is 0 Å². The molecule has 24 heavy (non-hydrogen) atoms. The molecule has 0 bridgehead atoms. The first kappa shape index (κ1) is 17.0. The largest absolute Gasteiger partial charge is 0.335 e. The molecule has 1 aromatic rings. The quantitative estimate of drug-likeness (QED) is 0.867. The van der Waals surface area contributed by atoms with E-state index in [9.17, 15) is 4.79 Å². The van der Waals surface area contributed by atoms with Crippen LogP contribution in [0.5, 0.6) is 0 Å². The molecule has 0 atom stereocenters. The number of urea groups is 1. The van der Waals surface area contributed by atoms with Gasteiger partial charge in [0.15, 0.2) is 0 Å². The second kappa shape index (κ2) is 8.88. The number of benzene rings is 1. The van der Waals surface area contributed by atoms with Crippen LogP contribution in [0.4, 0.5) is 4.79 Å². The predicted molar refractivity (Wildman–Crippen MR) is 97.5 cm³/mol. The summed E-state index contributed by atoms with van der Waals surface area (Å²) >= 11 is 0. The maximum Gasteiger partial charge on any atom is 0.318 e. The Kier molecular flexibility index (Phi) is 6.30. The predicted octanol–water partition coefficient (Wildman–Crippen LogP) is 3.65. The molecule has 1 aliphatic carbocycles. The van der Waals surface area contributed by atoms with Crippen LogP contribution in [0.1, 0.15) is 44.1 Å². The third kappa shape index (κ3) is 5.38. The Morgan fingerprint density at radius 3 is 2.50 bits per heavy atom. The Morgan fingerprint density at radius 2 is 1.79 bits per heavy atom. The minimum Gasteiger partial charge on any atom is -0.335 e. The van der Waals surface area contributed by atoms with Crippen LogP contribution in [0.3, 0.4) is 0 Å². The summed E-state index contributed by atoms with van der Waals surface area (Å²) in [5, 5.41) is 5.96. The van der Waals surface area contributed by atoms with Gasteiger partial charge in [0, 0.05) is 31.9 Å². The molecule has 2 amide bonds. The summed E-state index contributed by atoms with van der Waals surface area (Å²) in [5.74, 6) is 0.659. The fourth-order valence-electron chi connectivity index (χ4n) is 3.71. The van der Waals surface area contributed by atoms with Crippen LogP contribution < -0.4 is 10.6 Å². The van der Waals surface area contributed by atoms with E-state index >= 15 is 0 Å². The maximum atomic E-state index is 12.0. The first-order valence-corrected chi connectivity index (χ1v) is 9.29.